The number of fused-ring (bicyclic) bond motifs is 1. The van der Waals surface area contributed by atoms with Gasteiger partial charge in [0.25, 0.3) is 0 Å². The Balaban J connectivity index is 0.00000200. The maximum atomic E-state index is 13.7. The molecule has 0 saturated heterocycles. The number of rotatable bonds is 4. The van der Waals surface area contributed by atoms with Gasteiger partial charge < -0.3 is 11.1 Å². The van der Waals surface area contributed by atoms with Crippen molar-refractivity contribution in [3.8, 4) is 0 Å². The number of amides is 1. The highest BCUT2D eigenvalue weighted by molar-refractivity contribution is 7.99. The molecule has 2 unspecified atom stereocenters. The third-order valence-corrected chi connectivity index (χ3v) is 4.35. The van der Waals surface area contributed by atoms with Crippen LogP contribution in [0.4, 0.5) is 4.39 Å². The van der Waals surface area contributed by atoms with Gasteiger partial charge in [-0.3, -0.25) is 4.79 Å². The zero-order chi connectivity index (χ0) is 13.8. The second-order valence-corrected chi connectivity index (χ2v) is 6.04. The number of carbonyl (C=O) groups excluding carboxylic acids is 1. The molecule has 2 atom stereocenters. The lowest BCUT2D eigenvalue weighted by molar-refractivity contribution is -0.122. The highest BCUT2D eigenvalue weighted by Crippen LogP contribution is 2.37. The molecule has 3 N–H and O–H groups in total. The van der Waals surface area contributed by atoms with Crippen LogP contribution in [0.15, 0.2) is 23.1 Å². The van der Waals surface area contributed by atoms with Crippen LogP contribution in [-0.2, 0) is 4.79 Å². The summed E-state index contributed by atoms with van der Waals surface area (Å²) in [6, 6.07) is 5.00. The monoisotopic (exact) mass is 318 g/mol. The van der Waals surface area contributed by atoms with Gasteiger partial charge in [-0.2, -0.15) is 0 Å². The summed E-state index contributed by atoms with van der Waals surface area (Å²) in [5.41, 5.74) is 6.53. The van der Waals surface area contributed by atoms with E-state index in [2.05, 4.69) is 5.32 Å². The van der Waals surface area contributed by atoms with Gasteiger partial charge in [-0.05, 0) is 31.4 Å². The van der Waals surface area contributed by atoms with Crippen LogP contribution in [0, 0.1) is 5.82 Å². The van der Waals surface area contributed by atoms with Gasteiger partial charge in [0.2, 0.25) is 5.91 Å². The minimum Gasteiger partial charge on any atom is -0.349 e. The average Bonchev–Trinajstić information content (AvgIpc) is 2.38. The van der Waals surface area contributed by atoms with Gasteiger partial charge in [0, 0.05) is 23.1 Å². The molecule has 0 saturated carbocycles. The lowest BCUT2D eigenvalue weighted by Crippen LogP contribution is -2.31. The summed E-state index contributed by atoms with van der Waals surface area (Å²) < 4.78 is 13.7. The molecule has 0 aromatic heterocycles. The Hall–Kier alpha value is -0.780. The SMILES string of the molecule is CC(N)CCC(=O)NC1CCSc2c(F)cccc21.Cl. The molecule has 0 bridgehead atoms. The van der Waals surface area contributed by atoms with E-state index in [1.54, 1.807) is 6.07 Å². The molecule has 0 spiro atoms. The third kappa shape index (κ3) is 4.36. The zero-order valence-electron chi connectivity index (χ0n) is 11.4. The van der Waals surface area contributed by atoms with Crippen LogP contribution in [-0.4, -0.2) is 17.7 Å². The lowest BCUT2D eigenvalue weighted by atomic mass is 10.0. The molecule has 3 nitrogen and oxygen atoms in total. The van der Waals surface area contributed by atoms with Gasteiger partial charge in [0.15, 0.2) is 0 Å². The summed E-state index contributed by atoms with van der Waals surface area (Å²) in [6.07, 6.45) is 1.93. The Kier molecular flexibility index (Phi) is 6.79. The first-order valence-electron chi connectivity index (χ1n) is 6.54. The fourth-order valence-electron chi connectivity index (χ4n) is 2.16. The largest absolute Gasteiger partial charge is 0.349 e. The highest BCUT2D eigenvalue weighted by atomic mass is 35.5. The topological polar surface area (TPSA) is 55.1 Å². The molecule has 2 rings (SSSR count). The summed E-state index contributed by atoms with van der Waals surface area (Å²) in [7, 11) is 0. The standard InChI is InChI=1S/C14H19FN2OS.ClH/c1-9(16)5-6-13(18)17-12-7-8-19-14-10(12)3-2-4-11(14)15;/h2-4,9,12H,5-8,16H2,1H3,(H,17,18);1H. The summed E-state index contributed by atoms with van der Waals surface area (Å²) in [5.74, 6) is 0.619. The van der Waals surface area contributed by atoms with Crippen molar-refractivity contribution in [3.63, 3.8) is 0 Å². The molecule has 6 heteroatoms. The van der Waals surface area contributed by atoms with Crippen LogP contribution in [0.1, 0.15) is 37.8 Å². The van der Waals surface area contributed by atoms with Crippen LogP contribution in [0.5, 0.6) is 0 Å². The normalized spacial score (nSPS) is 18.6. The van der Waals surface area contributed by atoms with Gasteiger partial charge in [0.05, 0.1) is 6.04 Å². The molecule has 1 aliphatic rings. The number of halogens is 2. The van der Waals surface area contributed by atoms with Crippen molar-refractivity contribution in [1.82, 2.24) is 5.32 Å². The molecule has 1 aromatic carbocycles. The van der Waals surface area contributed by atoms with Gasteiger partial charge in [-0.25, -0.2) is 4.39 Å². The number of nitrogens with two attached hydrogens (primary N) is 1. The smallest absolute Gasteiger partial charge is 0.220 e. The molecule has 112 valence electrons. The van der Waals surface area contributed by atoms with E-state index in [1.807, 2.05) is 13.0 Å². The first-order valence-corrected chi connectivity index (χ1v) is 7.52. The number of carbonyl (C=O) groups is 1. The minimum atomic E-state index is -0.197. The molecule has 0 aliphatic carbocycles. The van der Waals surface area contributed by atoms with Gasteiger partial charge >= 0.3 is 0 Å². The number of nitrogens with one attached hydrogen (secondary N) is 1. The van der Waals surface area contributed by atoms with Crippen molar-refractivity contribution < 1.29 is 9.18 Å². The number of hydrogen-bond donors (Lipinski definition) is 2. The second kappa shape index (κ2) is 7.86. The zero-order valence-corrected chi connectivity index (χ0v) is 13.0. The second-order valence-electron chi connectivity index (χ2n) is 4.93. The number of thioether (sulfide) groups is 1. The number of hydrogen-bond acceptors (Lipinski definition) is 3. The average molecular weight is 319 g/mol. The molecular weight excluding hydrogens is 299 g/mol. The Morgan fingerprint density at radius 2 is 2.35 bits per heavy atom. The highest BCUT2D eigenvalue weighted by Gasteiger charge is 2.24. The summed E-state index contributed by atoms with van der Waals surface area (Å²) >= 11 is 1.52. The predicted molar refractivity (Wildman–Crippen MR) is 82.8 cm³/mol. The molecule has 1 amide bonds. The van der Waals surface area contributed by atoms with Crippen LogP contribution in [0.25, 0.3) is 0 Å². The van der Waals surface area contributed by atoms with Crippen molar-refractivity contribution in [2.75, 3.05) is 5.75 Å². The molecule has 0 radical (unpaired) electrons. The van der Waals surface area contributed by atoms with E-state index in [9.17, 15) is 9.18 Å². The Bertz CT molecular complexity index is 470. The van der Waals surface area contributed by atoms with E-state index in [1.165, 1.54) is 17.8 Å². The molecular formula is C14H20ClFN2OS. The summed E-state index contributed by atoms with van der Waals surface area (Å²) in [4.78, 5) is 12.5. The van der Waals surface area contributed by atoms with E-state index in [-0.39, 0.29) is 36.2 Å². The fraction of sp³-hybridized carbons (Fsp3) is 0.500. The van der Waals surface area contributed by atoms with Crippen LogP contribution < -0.4 is 11.1 Å². The molecule has 1 heterocycles. The molecule has 20 heavy (non-hydrogen) atoms. The Morgan fingerprint density at radius 1 is 1.60 bits per heavy atom. The summed E-state index contributed by atoms with van der Waals surface area (Å²) in [5, 5.41) is 2.98. The van der Waals surface area contributed by atoms with Crippen molar-refractivity contribution in [2.24, 2.45) is 5.73 Å². The lowest BCUT2D eigenvalue weighted by Gasteiger charge is -2.26. The quantitative estimate of drug-likeness (QED) is 0.897. The van der Waals surface area contributed by atoms with E-state index < -0.39 is 0 Å². The van der Waals surface area contributed by atoms with Crippen LogP contribution >= 0.6 is 24.2 Å². The predicted octanol–water partition coefficient (Wildman–Crippen LogP) is 3.03. The van der Waals surface area contributed by atoms with E-state index in [0.717, 1.165) is 17.7 Å². The van der Waals surface area contributed by atoms with E-state index >= 15 is 0 Å². The van der Waals surface area contributed by atoms with E-state index in [4.69, 9.17) is 5.73 Å². The van der Waals surface area contributed by atoms with Crippen molar-refractivity contribution in [3.05, 3.63) is 29.6 Å². The van der Waals surface area contributed by atoms with E-state index in [0.29, 0.717) is 17.7 Å². The van der Waals surface area contributed by atoms with Crippen LogP contribution in [0.2, 0.25) is 0 Å². The third-order valence-electron chi connectivity index (χ3n) is 3.19. The Labute approximate surface area is 129 Å². The fourth-order valence-corrected chi connectivity index (χ4v) is 3.30. The maximum absolute atomic E-state index is 13.7. The van der Waals surface area contributed by atoms with Crippen molar-refractivity contribution in [2.45, 2.75) is 43.2 Å². The van der Waals surface area contributed by atoms with Crippen LogP contribution in [0.3, 0.4) is 0 Å². The molecule has 0 fully saturated rings. The van der Waals surface area contributed by atoms with Crippen molar-refractivity contribution >= 4 is 30.1 Å². The molecule has 1 aromatic rings. The minimum absolute atomic E-state index is 0. The van der Waals surface area contributed by atoms with Gasteiger partial charge in [-0.1, -0.05) is 12.1 Å². The summed E-state index contributed by atoms with van der Waals surface area (Å²) in [6.45, 7) is 1.88. The van der Waals surface area contributed by atoms with Gasteiger partial charge in [0.1, 0.15) is 5.82 Å². The van der Waals surface area contributed by atoms with Gasteiger partial charge in [-0.15, -0.1) is 24.2 Å². The first kappa shape index (κ1) is 17.3. The molecule has 1 aliphatic heterocycles. The first-order chi connectivity index (χ1) is 9.08. The maximum Gasteiger partial charge on any atom is 0.220 e. The number of benzene rings is 1. The Morgan fingerprint density at radius 3 is 3.05 bits per heavy atom. The van der Waals surface area contributed by atoms with Crippen molar-refractivity contribution in [1.29, 1.82) is 0 Å².